The minimum atomic E-state index is -0.183. The molecule has 1 aromatic carbocycles. The molecule has 6 nitrogen and oxygen atoms in total. The molecular weight excluding hydrogens is 316 g/mol. The highest BCUT2D eigenvalue weighted by atomic mass is 16.5. The van der Waals surface area contributed by atoms with Gasteiger partial charge < -0.3 is 15.4 Å². The highest BCUT2D eigenvalue weighted by molar-refractivity contribution is 5.89. The minimum absolute atomic E-state index is 0.122. The lowest BCUT2D eigenvalue weighted by Crippen LogP contribution is -2.41. The molecule has 134 valence electrons. The monoisotopic (exact) mass is 342 g/mol. The molecule has 0 radical (unpaired) electrons. The Morgan fingerprint density at radius 1 is 1.44 bits per heavy atom. The summed E-state index contributed by atoms with van der Waals surface area (Å²) in [5.74, 6) is 0.753. The van der Waals surface area contributed by atoms with Crippen LogP contribution >= 0.6 is 0 Å². The first-order valence-corrected chi connectivity index (χ1v) is 8.92. The first-order valence-electron chi connectivity index (χ1n) is 8.92. The number of anilines is 1. The third-order valence-electron chi connectivity index (χ3n) is 4.41. The number of hydrogen-bond donors (Lipinski definition) is 2. The van der Waals surface area contributed by atoms with Crippen molar-refractivity contribution in [2.45, 2.75) is 52.1 Å². The topological polar surface area (TPSA) is 68.2 Å². The van der Waals surface area contributed by atoms with Gasteiger partial charge in [-0.15, -0.1) is 0 Å². The molecule has 0 saturated carbocycles. The van der Waals surface area contributed by atoms with Crippen molar-refractivity contribution in [1.82, 2.24) is 15.1 Å². The number of hydrogen-bond acceptors (Lipinski definition) is 3. The van der Waals surface area contributed by atoms with Crippen LogP contribution in [0.5, 0.6) is 5.75 Å². The predicted molar refractivity (Wildman–Crippen MR) is 98.2 cm³/mol. The molecule has 0 spiro atoms. The van der Waals surface area contributed by atoms with Gasteiger partial charge in [0.2, 0.25) is 0 Å². The number of urea groups is 1. The fourth-order valence-corrected chi connectivity index (χ4v) is 3.27. The SMILES string of the molecule is CCOc1cccc(NC(=O)N[C@@H]2CCc3cnn(C(C)C)c3C2)c1. The average molecular weight is 342 g/mol. The quantitative estimate of drug-likeness (QED) is 0.873. The van der Waals surface area contributed by atoms with E-state index in [1.54, 1.807) is 0 Å². The Labute approximate surface area is 148 Å². The molecule has 1 atom stereocenters. The molecule has 6 heteroatoms. The van der Waals surface area contributed by atoms with Crippen molar-refractivity contribution in [1.29, 1.82) is 0 Å². The van der Waals surface area contributed by atoms with Crippen molar-refractivity contribution in [2.75, 3.05) is 11.9 Å². The van der Waals surface area contributed by atoms with Crippen LogP contribution < -0.4 is 15.4 Å². The Kier molecular flexibility index (Phi) is 5.26. The number of nitrogens with zero attached hydrogens (tertiary/aromatic N) is 2. The van der Waals surface area contributed by atoms with Crippen molar-refractivity contribution in [3.05, 3.63) is 41.7 Å². The van der Waals surface area contributed by atoms with Gasteiger partial charge in [-0.2, -0.15) is 5.10 Å². The molecule has 0 bridgehead atoms. The molecule has 2 amide bonds. The third kappa shape index (κ3) is 4.13. The van der Waals surface area contributed by atoms with Crippen LogP contribution in [0.3, 0.4) is 0 Å². The van der Waals surface area contributed by atoms with E-state index < -0.39 is 0 Å². The molecule has 0 saturated heterocycles. The van der Waals surface area contributed by atoms with E-state index in [9.17, 15) is 4.79 Å². The molecule has 1 aliphatic carbocycles. The van der Waals surface area contributed by atoms with Gasteiger partial charge in [-0.1, -0.05) is 6.07 Å². The van der Waals surface area contributed by atoms with Crippen molar-refractivity contribution >= 4 is 11.7 Å². The Morgan fingerprint density at radius 2 is 2.28 bits per heavy atom. The maximum Gasteiger partial charge on any atom is 0.319 e. The highest BCUT2D eigenvalue weighted by Gasteiger charge is 2.24. The molecule has 2 N–H and O–H groups in total. The van der Waals surface area contributed by atoms with Crippen LogP contribution in [0.2, 0.25) is 0 Å². The Morgan fingerprint density at radius 3 is 3.04 bits per heavy atom. The van der Waals surface area contributed by atoms with Crippen molar-refractivity contribution in [2.24, 2.45) is 0 Å². The second-order valence-electron chi connectivity index (χ2n) is 6.65. The Bertz CT molecular complexity index is 739. The van der Waals surface area contributed by atoms with E-state index in [0.717, 1.165) is 30.7 Å². The van der Waals surface area contributed by atoms with E-state index in [2.05, 4.69) is 34.3 Å². The van der Waals surface area contributed by atoms with Crippen molar-refractivity contribution < 1.29 is 9.53 Å². The van der Waals surface area contributed by atoms with Crippen molar-refractivity contribution in [3.63, 3.8) is 0 Å². The van der Waals surface area contributed by atoms with E-state index in [-0.39, 0.29) is 12.1 Å². The molecule has 2 aromatic rings. The molecule has 1 aliphatic rings. The molecule has 0 aliphatic heterocycles. The summed E-state index contributed by atoms with van der Waals surface area (Å²) in [5, 5.41) is 10.5. The number of carbonyl (C=O) groups is 1. The van der Waals surface area contributed by atoms with Crippen molar-refractivity contribution in [3.8, 4) is 5.75 Å². The second kappa shape index (κ2) is 7.59. The fourth-order valence-electron chi connectivity index (χ4n) is 3.27. The Hall–Kier alpha value is -2.50. The van der Waals surface area contributed by atoms with E-state index >= 15 is 0 Å². The average Bonchev–Trinajstić information content (AvgIpc) is 2.98. The lowest BCUT2D eigenvalue weighted by molar-refractivity contribution is 0.246. The van der Waals surface area contributed by atoms with Gasteiger partial charge in [0.05, 0.1) is 12.8 Å². The van der Waals surface area contributed by atoms with Crippen LogP contribution in [0, 0.1) is 0 Å². The number of amides is 2. The maximum absolute atomic E-state index is 12.3. The van der Waals surface area contributed by atoms with Crippen LogP contribution in [-0.4, -0.2) is 28.5 Å². The van der Waals surface area contributed by atoms with E-state index in [1.807, 2.05) is 37.4 Å². The normalized spacial score (nSPS) is 16.4. The van der Waals surface area contributed by atoms with E-state index in [0.29, 0.717) is 12.6 Å². The summed E-state index contributed by atoms with van der Waals surface area (Å²) in [6, 6.07) is 7.70. The number of aryl methyl sites for hydroxylation is 1. The van der Waals surface area contributed by atoms with Gasteiger partial charge in [-0.3, -0.25) is 4.68 Å². The summed E-state index contributed by atoms with van der Waals surface area (Å²) in [5.41, 5.74) is 3.27. The van der Waals surface area contributed by atoms with Crippen LogP contribution in [0.15, 0.2) is 30.5 Å². The standard InChI is InChI=1S/C19H26N4O2/c1-4-25-17-7-5-6-15(10-17)21-19(24)22-16-9-8-14-12-20-23(13(2)3)18(14)11-16/h5-7,10,12-13,16H,4,8-9,11H2,1-3H3,(H2,21,22,24)/t16-/m1/s1. The molecule has 1 aromatic heterocycles. The predicted octanol–water partition coefficient (Wildman–Crippen LogP) is 3.54. The molecule has 25 heavy (non-hydrogen) atoms. The first-order chi connectivity index (χ1) is 12.1. The number of carbonyl (C=O) groups excluding carboxylic acids is 1. The molecule has 0 fully saturated rings. The zero-order valence-electron chi connectivity index (χ0n) is 15.1. The van der Waals surface area contributed by atoms with Gasteiger partial charge in [-0.25, -0.2) is 4.79 Å². The van der Waals surface area contributed by atoms with Gasteiger partial charge in [0, 0.05) is 36.0 Å². The lowest BCUT2D eigenvalue weighted by Gasteiger charge is -2.25. The number of rotatable bonds is 5. The van der Waals surface area contributed by atoms with Crippen LogP contribution in [-0.2, 0) is 12.8 Å². The van der Waals surface area contributed by atoms with Gasteiger partial charge in [-0.05, 0) is 51.3 Å². The minimum Gasteiger partial charge on any atom is -0.494 e. The van der Waals surface area contributed by atoms with Crippen LogP contribution in [0.25, 0.3) is 0 Å². The second-order valence-corrected chi connectivity index (χ2v) is 6.65. The van der Waals surface area contributed by atoms with Crippen LogP contribution in [0.4, 0.5) is 10.5 Å². The zero-order valence-corrected chi connectivity index (χ0v) is 15.1. The maximum atomic E-state index is 12.3. The number of benzene rings is 1. The summed E-state index contributed by atoms with van der Waals surface area (Å²) in [4.78, 5) is 12.3. The Balaban J connectivity index is 1.60. The van der Waals surface area contributed by atoms with Gasteiger partial charge in [0.1, 0.15) is 5.75 Å². The number of fused-ring (bicyclic) bond motifs is 1. The largest absolute Gasteiger partial charge is 0.494 e. The lowest BCUT2D eigenvalue weighted by atomic mass is 9.93. The van der Waals surface area contributed by atoms with E-state index in [1.165, 1.54) is 11.3 Å². The smallest absolute Gasteiger partial charge is 0.319 e. The molecule has 0 unspecified atom stereocenters. The van der Waals surface area contributed by atoms with E-state index in [4.69, 9.17) is 4.74 Å². The van der Waals surface area contributed by atoms with Gasteiger partial charge in [0.25, 0.3) is 0 Å². The molecule has 3 rings (SSSR count). The summed E-state index contributed by atoms with van der Waals surface area (Å²) >= 11 is 0. The summed E-state index contributed by atoms with van der Waals surface area (Å²) in [7, 11) is 0. The van der Waals surface area contributed by atoms with Crippen LogP contribution in [0.1, 0.15) is 44.5 Å². The highest BCUT2D eigenvalue weighted by Crippen LogP contribution is 2.24. The number of aromatic nitrogens is 2. The molecule has 1 heterocycles. The molecular formula is C19H26N4O2. The summed E-state index contributed by atoms with van der Waals surface area (Å²) in [6.07, 6.45) is 4.67. The summed E-state index contributed by atoms with van der Waals surface area (Å²) < 4.78 is 7.52. The third-order valence-corrected chi connectivity index (χ3v) is 4.41. The van der Waals surface area contributed by atoms with Gasteiger partial charge in [0.15, 0.2) is 0 Å². The zero-order chi connectivity index (χ0) is 17.8. The van der Waals surface area contributed by atoms with Gasteiger partial charge >= 0.3 is 6.03 Å². The fraction of sp³-hybridized carbons (Fsp3) is 0.474. The first kappa shape index (κ1) is 17.3. The number of ether oxygens (including phenoxy) is 1. The summed E-state index contributed by atoms with van der Waals surface area (Å²) in [6.45, 7) is 6.79. The number of nitrogens with one attached hydrogen (secondary N) is 2.